The molecule has 5 heteroatoms. The van der Waals surface area contributed by atoms with E-state index in [1.54, 1.807) is 0 Å². The van der Waals surface area contributed by atoms with E-state index >= 15 is 0 Å². The molecule has 0 amide bonds. The predicted octanol–water partition coefficient (Wildman–Crippen LogP) is 16.3. The third kappa shape index (κ3) is 8.85. The number of aromatic nitrogens is 2. The first-order chi connectivity index (χ1) is 33.1. The van der Waals surface area contributed by atoms with Crippen molar-refractivity contribution in [3.63, 3.8) is 0 Å². The Morgan fingerprint density at radius 1 is 0.543 bits per heavy atom. The van der Waals surface area contributed by atoms with Crippen molar-refractivity contribution in [1.82, 2.24) is 9.55 Å². The molecule has 9 aromatic rings. The van der Waals surface area contributed by atoms with E-state index in [-0.39, 0.29) is 31.9 Å². The van der Waals surface area contributed by atoms with Gasteiger partial charge in [-0.1, -0.05) is 176 Å². The maximum atomic E-state index is 5.05. The molecule has 4 nitrogen and oxygen atoms in total. The van der Waals surface area contributed by atoms with E-state index in [0.29, 0.717) is 5.92 Å². The van der Waals surface area contributed by atoms with Crippen molar-refractivity contribution in [2.75, 3.05) is 9.80 Å². The Labute approximate surface area is 431 Å². The van der Waals surface area contributed by atoms with Crippen molar-refractivity contribution in [1.29, 1.82) is 0 Å². The van der Waals surface area contributed by atoms with Crippen LogP contribution in [0.1, 0.15) is 108 Å². The summed E-state index contributed by atoms with van der Waals surface area (Å²) in [5.41, 5.74) is 16.1. The van der Waals surface area contributed by atoms with Crippen molar-refractivity contribution in [2.24, 2.45) is 5.92 Å². The molecule has 7 aromatic carbocycles. The Hall–Kier alpha value is -6.48. The molecule has 0 saturated heterocycles. The minimum atomic E-state index is -0.862. The average Bonchev–Trinajstić information content (AvgIpc) is 3.84. The second kappa shape index (κ2) is 19.0. The number of fused-ring (bicyclic) bond motifs is 3. The van der Waals surface area contributed by atoms with Gasteiger partial charge in [-0.05, 0) is 106 Å². The second-order valence-corrected chi connectivity index (χ2v) is 21.4. The van der Waals surface area contributed by atoms with E-state index in [1.807, 2.05) is 6.20 Å². The molecule has 2 aromatic heterocycles. The van der Waals surface area contributed by atoms with Gasteiger partial charge in [-0.3, -0.25) is 0 Å². The molecule has 0 bridgehead atoms. The van der Waals surface area contributed by atoms with Crippen LogP contribution in [0, 0.1) is 24.7 Å². The fraction of sp³-hybridized carbons (Fsp3) is 0.231. The van der Waals surface area contributed by atoms with Gasteiger partial charge in [-0.25, -0.2) is 4.98 Å². The van der Waals surface area contributed by atoms with E-state index in [1.165, 1.54) is 27.8 Å². The Balaban J connectivity index is 0.00000608. The first-order valence-corrected chi connectivity index (χ1v) is 24.5. The standard InChI is InChI=1S/C65H63N4.Pt/c1-44(2)34-47-32-33-66-62(35-47)69-60-29-21-20-28-58(60)59-31-30-52(42-61(59)69)65(50-24-16-12-17-25-50,51-26-18-13-19-27-51)55-36-49(48-22-14-11-15-23-48)37-56(41-55)67-43-68(46(4)45(67)3)57-39-53(63(5,6)7)38-54(40-57)64(8,9)10;/h11-33,35-40,43-44H,34H2,1-10H3;/q-3;. The maximum Gasteiger partial charge on any atom is 0.135 e. The van der Waals surface area contributed by atoms with Gasteiger partial charge in [-0.2, -0.15) is 30.3 Å². The summed E-state index contributed by atoms with van der Waals surface area (Å²) in [5.74, 6) is 1.42. The van der Waals surface area contributed by atoms with Crippen LogP contribution < -0.4 is 9.80 Å². The summed E-state index contributed by atoms with van der Waals surface area (Å²) >= 11 is 0. The van der Waals surface area contributed by atoms with Gasteiger partial charge in [0.05, 0.1) is 0 Å². The Morgan fingerprint density at radius 2 is 1.13 bits per heavy atom. The molecular weight excluding hydrogens is 1030 g/mol. The number of allylic oxidation sites excluding steroid dienone is 2. The minimum absolute atomic E-state index is 0. The van der Waals surface area contributed by atoms with Crippen LogP contribution in [0.4, 0.5) is 11.4 Å². The van der Waals surface area contributed by atoms with Gasteiger partial charge in [0.15, 0.2) is 0 Å². The summed E-state index contributed by atoms with van der Waals surface area (Å²) < 4.78 is 2.32. The molecular formula is C65H63N4Pt-3. The van der Waals surface area contributed by atoms with E-state index in [9.17, 15) is 0 Å². The van der Waals surface area contributed by atoms with Gasteiger partial charge in [0.1, 0.15) is 5.82 Å². The van der Waals surface area contributed by atoms with E-state index in [2.05, 4.69) is 272 Å². The molecule has 0 atom stereocenters. The number of benzene rings is 7. The van der Waals surface area contributed by atoms with Gasteiger partial charge in [0, 0.05) is 55.3 Å². The smallest absolute Gasteiger partial charge is 0.135 e. The van der Waals surface area contributed by atoms with Crippen LogP contribution in [0.25, 0.3) is 38.8 Å². The van der Waals surface area contributed by atoms with Crippen molar-refractivity contribution < 1.29 is 21.1 Å². The molecule has 0 aliphatic carbocycles. The molecule has 356 valence electrons. The van der Waals surface area contributed by atoms with Gasteiger partial charge in [0.2, 0.25) is 0 Å². The molecule has 0 saturated carbocycles. The molecule has 10 rings (SSSR count). The van der Waals surface area contributed by atoms with Crippen molar-refractivity contribution in [3.05, 3.63) is 245 Å². The molecule has 1 aliphatic rings. The first-order valence-electron chi connectivity index (χ1n) is 24.5. The second-order valence-electron chi connectivity index (χ2n) is 21.4. The molecule has 0 fully saturated rings. The van der Waals surface area contributed by atoms with Gasteiger partial charge >= 0.3 is 0 Å². The Kier molecular flexibility index (Phi) is 13.2. The van der Waals surface area contributed by atoms with E-state index < -0.39 is 5.41 Å². The third-order valence-electron chi connectivity index (χ3n) is 14.1. The van der Waals surface area contributed by atoms with Crippen molar-refractivity contribution in [2.45, 2.75) is 91.9 Å². The zero-order valence-corrected chi connectivity index (χ0v) is 44.5. The number of anilines is 2. The summed E-state index contributed by atoms with van der Waals surface area (Å²) in [5, 5.41) is 2.31. The maximum absolute atomic E-state index is 5.05. The van der Waals surface area contributed by atoms with Crippen molar-refractivity contribution >= 4 is 33.2 Å². The number of hydrogen-bond acceptors (Lipinski definition) is 3. The molecule has 3 heterocycles. The SMILES string of the molecule is CC1=C(C)N(c2cc(C(C)(C)C)cc(C(C)(C)C)c2)[CH-]N1c1[c-]c(C(c2[c-]c3c(cc2)c2ccccc2n3-c2cc(CC(C)C)ccn2)(c2ccccc2)c2ccccc2)cc(-c2ccccc2)c1.[Pt]. The topological polar surface area (TPSA) is 24.3 Å². The van der Waals surface area contributed by atoms with Gasteiger partial charge in [-0.15, -0.1) is 40.5 Å². The summed E-state index contributed by atoms with van der Waals surface area (Å²) in [6.07, 6.45) is 2.94. The quantitative estimate of drug-likeness (QED) is 0.101. The Morgan fingerprint density at radius 3 is 1.74 bits per heavy atom. The van der Waals surface area contributed by atoms with Crippen LogP contribution in [0.3, 0.4) is 0 Å². The number of pyridine rings is 1. The Bertz CT molecular complexity index is 3280. The number of rotatable bonds is 10. The molecule has 0 N–H and O–H groups in total. The number of nitrogens with zero attached hydrogens (tertiary/aromatic N) is 4. The van der Waals surface area contributed by atoms with Crippen LogP contribution in [0.5, 0.6) is 0 Å². The monoisotopic (exact) mass is 1090 g/mol. The summed E-state index contributed by atoms with van der Waals surface area (Å²) in [6.45, 7) is 25.1. The van der Waals surface area contributed by atoms with Crippen LogP contribution in [0.15, 0.2) is 187 Å². The van der Waals surface area contributed by atoms with Crippen LogP contribution in [-0.2, 0) is 43.7 Å². The minimum Gasteiger partial charge on any atom is -0.497 e. The van der Waals surface area contributed by atoms with E-state index in [0.717, 1.165) is 79.1 Å². The van der Waals surface area contributed by atoms with Crippen LogP contribution in [-0.4, -0.2) is 9.55 Å². The third-order valence-corrected chi connectivity index (χ3v) is 14.1. The fourth-order valence-corrected chi connectivity index (χ4v) is 10.3. The number of para-hydroxylation sites is 1. The molecule has 70 heavy (non-hydrogen) atoms. The normalized spacial score (nSPS) is 13.5. The molecule has 1 aliphatic heterocycles. The number of hydrogen-bond donors (Lipinski definition) is 0. The fourth-order valence-electron chi connectivity index (χ4n) is 10.3. The van der Waals surface area contributed by atoms with E-state index in [4.69, 9.17) is 4.98 Å². The zero-order valence-electron chi connectivity index (χ0n) is 42.2. The summed E-state index contributed by atoms with van der Waals surface area (Å²) in [4.78, 5) is 9.76. The largest absolute Gasteiger partial charge is 0.497 e. The molecule has 0 spiro atoms. The van der Waals surface area contributed by atoms with Gasteiger partial charge in [0.25, 0.3) is 0 Å². The van der Waals surface area contributed by atoms with Crippen LogP contribution in [0.2, 0.25) is 0 Å². The summed E-state index contributed by atoms with van der Waals surface area (Å²) in [7, 11) is 0. The molecule has 0 unspecified atom stereocenters. The van der Waals surface area contributed by atoms with Crippen molar-refractivity contribution in [3.8, 4) is 16.9 Å². The van der Waals surface area contributed by atoms with Crippen LogP contribution >= 0.6 is 0 Å². The van der Waals surface area contributed by atoms with Gasteiger partial charge < -0.3 is 14.4 Å². The average molecular weight is 1100 g/mol. The first kappa shape index (κ1) is 48.5. The predicted molar refractivity (Wildman–Crippen MR) is 290 cm³/mol. The zero-order chi connectivity index (χ0) is 48.2. The molecule has 0 radical (unpaired) electrons. The summed E-state index contributed by atoms with van der Waals surface area (Å²) in [6, 6.07) is 70.6.